The third kappa shape index (κ3) is 5.78. The Balaban J connectivity index is 0.00000289. The van der Waals surface area contributed by atoms with Crippen molar-refractivity contribution in [2.75, 3.05) is 44.2 Å². The van der Waals surface area contributed by atoms with Crippen LogP contribution >= 0.6 is 23.2 Å². The number of carbonyl (C=O) groups is 1. The zero-order chi connectivity index (χ0) is 23.5. The van der Waals surface area contributed by atoms with Gasteiger partial charge in [0.15, 0.2) is 0 Å². The first-order valence-corrected chi connectivity index (χ1v) is 12.8. The minimum absolute atomic E-state index is 0. The van der Waals surface area contributed by atoms with Crippen LogP contribution in [-0.2, 0) is 6.42 Å². The monoisotopic (exact) mass is 528 g/mol. The molecule has 2 aliphatic rings. The third-order valence-corrected chi connectivity index (χ3v) is 7.70. The van der Waals surface area contributed by atoms with E-state index >= 15 is 0 Å². The van der Waals surface area contributed by atoms with Crippen LogP contribution in [0.2, 0.25) is 10.0 Å². The number of nitrogens with zero attached hydrogens (tertiary/aromatic N) is 2. The Hall–Kier alpha value is -2.24. The molecule has 7 heteroatoms. The van der Waals surface area contributed by atoms with Crippen LogP contribution in [0, 0.1) is 0 Å². The summed E-state index contributed by atoms with van der Waals surface area (Å²) in [5.74, 6) is 0.0192. The number of carbonyl (C=O) groups excluding carboxylic acids is 1. The number of piperazine rings is 1. The summed E-state index contributed by atoms with van der Waals surface area (Å²) in [6.45, 7) is 5.65. The number of rotatable bonds is 7. The minimum atomic E-state index is 0. The fourth-order valence-electron chi connectivity index (χ4n) is 5.00. The normalized spacial score (nSPS) is 14.7. The van der Waals surface area contributed by atoms with E-state index in [1.54, 1.807) is 0 Å². The Morgan fingerprint density at radius 3 is 2.46 bits per heavy atom. The highest BCUT2D eigenvalue weighted by Crippen LogP contribution is 2.36. The fraction of sp³-hybridized carbons (Fsp3) is 0.321. The van der Waals surface area contributed by atoms with Crippen LogP contribution in [0.25, 0.3) is 11.1 Å². The molecule has 184 valence electrons. The van der Waals surface area contributed by atoms with E-state index < -0.39 is 0 Å². The first kappa shape index (κ1) is 25.8. The van der Waals surface area contributed by atoms with Gasteiger partial charge in [0.1, 0.15) is 0 Å². The second kappa shape index (κ2) is 11.7. The molecule has 0 unspecified atom stereocenters. The van der Waals surface area contributed by atoms with Crippen LogP contribution in [0.5, 0.6) is 0 Å². The number of unbranched alkanes of at least 4 members (excludes halogenated alkanes) is 1. The van der Waals surface area contributed by atoms with Gasteiger partial charge in [0.2, 0.25) is 0 Å². The van der Waals surface area contributed by atoms with Crippen molar-refractivity contribution >= 4 is 34.8 Å². The van der Waals surface area contributed by atoms with Crippen molar-refractivity contribution in [2.45, 2.75) is 19.3 Å². The summed E-state index contributed by atoms with van der Waals surface area (Å²) in [6.07, 6.45) is 2.95. The van der Waals surface area contributed by atoms with Gasteiger partial charge < -0.3 is 22.6 Å². The Bertz CT molecular complexity index is 1190. The van der Waals surface area contributed by atoms with Crippen LogP contribution in [0.15, 0.2) is 60.7 Å². The molecule has 0 bridgehead atoms. The number of nitrogens with one attached hydrogen (secondary N) is 1. The van der Waals surface area contributed by atoms with E-state index in [-0.39, 0.29) is 18.3 Å². The van der Waals surface area contributed by atoms with Gasteiger partial charge in [0.05, 0.1) is 15.7 Å². The maximum absolute atomic E-state index is 12.7. The van der Waals surface area contributed by atoms with Gasteiger partial charge in [-0.05, 0) is 72.3 Å². The number of halogens is 3. The van der Waals surface area contributed by atoms with E-state index in [1.807, 2.05) is 24.3 Å². The number of anilines is 1. The van der Waals surface area contributed by atoms with Crippen LogP contribution < -0.4 is 22.6 Å². The lowest BCUT2D eigenvalue weighted by molar-refractivity contribution is -0.0000148. The van der Waals surface area contributed by atoms with Crippen molar-refractivity contribution in [3.63, 3.8) is 0 Å². The van der Waals surface area contributed by atoms with E-state index in [4.69, 9.17) is 23.2 Å². The van der Waals surface area contributed by atoms with E-state index in [2.05, 4.69) is 51.5 Å². The summed E-state index contributed by atoms with van der Waals surface area (Å²) in [6, 6.07) is 20.4. The van der Waals surface area contributed by atoms with Gasteiger partial charge in [-0.15, -0.1) is 0 Å². The molecule has 0 spiro atoms. The molecule has 0 aromatic heterocycles. The van der Waals surface area contributed by atoms with Gasteiger partial charge in [0.25, 0.3) is 5.91 Å². The molecule has 1 amide bonds. The highest BCUT2D eigenvalue weighted by molar-refractivity contribution is 6.43. The van der Waals surface area contributed by atoms with Gasteiger partial charge in [0, 0.05) is 38.3 Å². The average Bonchev–Trinajstić information content (AvgIpc) is 3.24. The number of amides is 1. The maximum atomic E-state index is 12.7. The zero-order valence-corrected chi connectivity index (χ0v) is 21.8. The Morgan fingerprint density at radius 1 is 0.857 bits per heavy atom. The molecule has 4 nitrogen and oxygen atoms in total. The quantitative estimate of drug-likeness (QED) is 0.374. The van der Waals surface area contributed by atoms with E-state index in [9.17, 15) is 4.79 Å². The Labute approximate surface area is 223 Å². The molecule has 1 saturated heterocycles. The average molecular weight is 530 g/mol. The fourth-order valence-corrected chi connectivity index (χ4v) is 5.41. The lowest BCUT2D eigenvalue weighted by atomic mass is 10.0. The molecule has 5 rings (SSSR count). The maximum Gasteiger partial charge on any atom is 0.251 e. The summed E-state index contributed by atoms with van der Waals surface area (Å²) >= 11 is 12.5. The predicted molar refractivity (Wildman–Crippen MR) is 141 cm³/mol. The SMILES string of the molecule is O=C(NCCCCN1CCN(c2cccc(Cl)c2Cl)CC1)c1ccc2c(c1)Cc1ccccc1-2.[Cl-]. The molecule has 1 N–H and O–H groups in total. The number of hydrogen-bond acceptors (Lipinski definition) is 3. The highest BCUT2D eigenvalue weighted by atomic mass is 35.5. The molecule has 0 atom stereocenters. The molecule has 3 aromatic carbocycles. The van der Waals surface area contributed by atoms with Crippen molar-refractivity contribution < 1.29 is 17.2 Å². The summed E-state index contributed by atoms with van der Waals surface area (Å²) in [4.78, 5) is 17.4. The number of fused-ring (bicyclic) bond motifs is 3. The van der Waals surface area contributed by atoms with Crippen molar-refractivity contribution in [2.24, 2.45) is 0 Å². The second-order valence-corrected chi connectivity index (χ2v) is 9.86. The minimum Gasteiger partial charge on any atom is -1.00 e. The summed E-state index contributed by atoms with van der Waals surface area (Å²) < 4.78 is 0. The van der Waals surface area contributed by atoms with E-state index in [1.165, 1.54) is 22.3 Å². The third-order valence-electron chi connectivity index (χ3n) is 6.89. The van der Waals surface area contributed by atoms with E-state index in [0.29, 0.717) is 16.6 Å². The van der Waals surface area contributed by atoms with Gasteiger partial charge in [-0.3, -0.25) is 9.69 Å². The van der Waals surface area contributed by atoms with Crippen LogP contribution in [0.4, 0.5) is 5.69 Å². The van der Waals surface area contributed by atoms with Gasteiger partial charge in [-0.1, -0.05) is 59.6 Å². The Kier molecular flexibility index (Phi) is 8.61. The molecule has 1 aliphatic heterocycles. The van der Waals surface area contributed by atoms with Gasteiger partial charge >= 0.3 is 0 Å². The van der Waals surface area contributed by atoms with Gasteiger partial charge in [-0.2, -0.15) is 0 Å². The van der Waals surface area contributed by atoms with Crippen LogP contribution in [0.3, 0.4) is 0 Å². The summed E-state index contributed by atoms with van der Waals surface area (Å²) in [5.41, 5.74) is 6.90. The zero-order valence-electron chi connectivity index (χ0n) is 19.6. The molecule has 35 heavy (non-hydrogen) atoms. The van der Waals surface area contributed by atoms with Crippen molar-refractivity contribution in [1.29, 1.82) is 0 Å². The molecular formula is C28H29Cl3N3O-. The first-order chi connectivity index (χ1) is 16.6. The summed E-state index contributed by atoms with van der Waals surface area (Å²) in [5, 5.41) is 4.34. The van der Waals surface area contributed by atoms with Crippen LogP contribution in [0.1, 0.15) is 34.3 Å². The lowest BCUT2D eigenvalue weighted by Gasteiger charge is -2.36. The summed E-state index contributed by atoms with van der Waals surface area (Å²) in [7, 11) is 0. The number of benzene rings is 3. The molecule has 1 aliphatic carbocycles. The van der Waals surface area contributed by atoms with Crippen molar-refractivity contribution in [3.05, 3.63) is 87.4 Å². The molecule has 0 saturated carbocycles. The highest BCUT2D eigenvalue weighted by Gasteiger charge is 2.20. The van der Waals surface area contributed by atoms with Crippen molar-refractivity contribution in [1.82, 2.24) is 10.2 Å². The molecule has 3 aromatic rings. The van der Waals surface area contributed by atoms with Crippen molar-refractivity contribution in [3.8, 4) is 11.1 Å². The van der Waals surface area contributed by atoms with Gasteiger partial charge in [-0.25, -0.2) is 0 Å². The molecule has 1 fully saturated rings. The molecular weight excluding hydrogens is 501 g/mol. The largest absolute Gasteiger partial charge is 1.00 e. The smallest absolute Gasteiger partial charge is 0.251 e. The van der Waals surface area contributed by atoms with Crippen LogP contribution in [-0.4, -0.2) is 50.1 Å². The molecule has 1 heterocycles. The molecule has 0 radical (unpaired) electrons. The lowest BCUT2D eigenvalue weighted by Crippen LogP contribution is -3.00. The number of hydrogen-bond donors (Lipinski definition) is 1. The van der Waals surface area contributed by atoms with E-state index in [0.717, 1.165) is 63.2 Å². The Morgan fingerprint density at radius 2 is 1.63 bits per heavy atom. The second-order valence-electron chi connectivity index (χ2n) is 9.07. The topological polar surface area (TPSA) is 35.6 Å². The standard InChI is InChI=1S/C28H29Cl2N3O.ClH/c29-25-8-5-9-26(27(25)30)33-16-14-32(15-17-33)13-4-3-12-31-28(34)21-10-11-24-22(19-21)18-20-6-1-2-7-23(20)24;/h1-2,5-11,19H,3-4,12-18H2,(H,31,34);1H/p-1. The first-order valence-electron chi connectivity index (χ1n) is 12.0. The predicted octanol–water partition coefficient (Wildman–Crippen LogP) is 2.90.